The summed E-state index contributed by atoms with van der Waals surface area (Å²) in [5.41, 5.74) is 1.09. The number of nitriles is 1. The summed E-state index contributed by atoms with van der Waals surface area (Å²) in [6, 6.07) is 6.93. The van der Waals surface area contributed by atoms with Crippen LogP contribution in [-0.4, -0.2) is 9.97 Å². The molecule has 0 saturated heterocycles. The molecule has 0 aliphatic rings. The minimum atomic E-state index is -0.399. The van der Waals surface area contributed by atoms with E-state index in [9.17, 15) is 4.79 Å². The molecule has 0 aliphatic carbocycles. The first-order valence-electron chi connectivity index (χ1n) is 4.45. The molecule has 0 atom stereocenters. The van der Waals surface area contributed by atoms with Gasteiger partial charge in [-0.3, -0.25) is 9.78 Å². The Bertz CT molecular complexity index is 613. The van der Waals surface area contributed by atoms with Crippen LogP contribution in [0, 0.1) is 11.3 Å². The Kier molecular flexibility index (Phi) is 2.84. The lowest BCUT2D eigenvalue weighted by atomic mass is 10.1. The van der Waals surface area contributed by atoms with Gasteiger partial charge in [0.1, 0.15) is 11.6 Å². The molecule has 0 spiro atoms. The highest BCUT2D eigenvalue weighted by atomic mass is 79.9. The number of rotatable bonds is 1. The SMILES string of the molecule is N#Cc1cc(Br)c(-c2cccnc2)[nH]c1=O. The van der Waals surface area contributed by atoms with Crippen molar-refractivity contribution in [1.29, 1.82) is 5.26 Å². The number of hydrogen-bond acceptors (Lipinski definition) is 3. The van der Waals surface area contributed by atoms with Crippen molar-refractivity contribution in [1.82, 2.24) is 9.97 Å². The molecule has 0 fully saturated rings. The van der Waals surface area contributed by atoms with Crippen molar-refractivity contribution >= 4 is 15.9 Å². The van der Waals surface area contributed by atoms with Crippen molar-refractivity contribution < 1.29 is 0 Å². The molecule has 0 bridgehead atoms. The standard InChI is InChI=1S/C11H6BrN3O/c12-9-4-8(5-13)11(16)15-10(9)7-2-1-3-14-6-7/h1-4,6H,(H,15,16). The molecule has 0 radical (unpaired) electrons. The number of nitrogens with one attached hydrogen (secondary N) is 1. The van der Waals surface area contributed by atoms with E-state index < -0.39 is 5.56 Å². The maximum Gasteiger partial charge on any atom is 0.266 e. The van der Waals surface area contributed by atoms with E-state index >= 15 is 0 Å². The molecule has 0 aromatic carbocycles. The quantitative estimate of drug-likeness (QED) is 0.866. The zero-order chi connectivity index (χ0) is 11.5. The molecule has 16 heavy (non-hydrogen) atoms. The summed E-state index contributed by atoms with van der Waals surface area (Å²) in [4.78, 5) is 18.1. The van der Waals surface area contributed by atoms with Gasteiger partial charge in [0.2, 0.25) is 0 Å². The van der Waals surface area contributed by atoms with E-state index in [-0.39, 0.29) is 5.56 Å². The van der Waals surface area contributed by atoms with Gasteiger partial charge in [-0.15, -0.1) is 0 Å². The minimum Gasteiger partial charge on any atom is -0.320 e. The summed E-state index contributed by atoms with van der Waals surface area (Å²) < 4.78 is 0.664. The Morgan fingerprint density at radius 2 is 2.31 bits per heavy atom. The van der Waals surface area contributed by atoms with Crippen LogP contribution in [0.15, 0.2) is 39.9 Å². The average Bonchev–Trinajstić information content (AvgIpc) is 2.32. The summed E-state index contributed by atoms with van der Waals surface area (Å²) in [6.45, 7) is 0. The molecular weight excluding hydrogens is 270 g/mol. The van der Waals surface area contributed by atoms with Gasteiger partial charge in [0.25, 0.3) is 5.56 Å². The van der Waals surface area contributed by atoms with Gasteiger partial charge in [0.15, 0.2) is 0 Å². The Balaban J connectivity index is 2.65. The summed E-state index contributed by atoms with van der Waals surface area (Å²) in [5, 5.41) is 8.70. The van der Waals surface area contributed by atoms with Crippen LogP contribution in [-0.2, 0) is 0 Å². The van der Waals surface area contributed by atoms with Crippen LogP contribution in [0.2, 0.25) is 0 Å². The van der Waals surface area contributed by atoms with Crippen LogP contribution in [0.4, 0.5) is 0 Å². The van der Waals surface area contributed by atoms with Gasteiger partial charge < -0.3 is 4.98 Å². The van der Waals surface area contributed by atoms with Gasteiger partial charge in [-0.25, -0.2) is 0 Å². The second-order valence-electron chi connectivity index (χ2n) is 3.09. The molecule has 2 aromatic rings. The molecule has 2 rings (SSSR count). The van der Waals surface area contributed by atoms with Gasteiger partial charge in [-0.2, -0.15) is 5.26 Å². The second kappa shape index (κ2) is 4.29. The Morgan fingerprint density at radius 3 is 2.94 bits per heavy atom. The van der Waals surface area contributed by atoms with Crippen LogP contribution < -0.4 is 5.56 Å². The normalized spacial score (nSPS) is 9.75. The summed E-state index contributed by atoms with van der Waals surface area (Å²) >= 11 is 3.31. The number of aromatic amines is 1. The van der Waals surface area contributed by atoms with E-state index in [1.807, 2.05) is 12.1 Å². The first-order valence-corrected chi connectivity index (χ1v) is 5.25. The van der Waals surface area contributed by atoms with E-state index in [1.165, 1.54) is 6.07 Å². The fraction of sp³-hybridized carbons (Fsp3) is 0. The largest absolute Gasteiger partial charge is 0.320 e. The van der Waals surface area contributed by atoms with Crippen molar-refractivity contribution in [3.63, 3.8) is 0 Å². The number of halogens is 1. The lowest BCUT2D eigenvalue weighted by Gasteiger charge is -2.03. The molecule has 2 aromatic heterocycles. The molecule has 0 unspecified atom stereocenters. The highest BCUT2D eigenvalue weighted by Crippen LogP contribution is 2.24. The third-order valence-electron chi connectivity index (χ3n) is 2.06. The molecule has 0 aliphatic heterocycles. The predicted molar refractivity (Wildman–Crippen MR) is 62.7 cm³/mol. The van der Waals surface area contributed by atoms with Crippen molar-refractivity contribution in [2.24, 2.45) is 0 Å². The van der Waals surface area contributed by atoms with Gasteiger partial charge in [-0.05, 0) is 34.1 Å². The Morgan fingerprint density at radius 1 is 1.50 bits per heavy atom. The van der Waals surface area contributed by atoms with Gasteiger partial charge in [0, 0.05) is 22.4 Å². The molecule has 2 heterocycles. The van der Waals surface area contributed by atoms with E-state index in [2.05, 4.69) is 25.9 Å². The Hall–Kier alpha value is -1.93. The van der Waals surface area contributed by atoms with E-state index in [0.717, 1.165) is 5.56 Å². The maximum atomic E-state index is 11.5. The molecular formula is C11H6BrN3O. The number of H-pyrrole nitrogens is 1. The van der Waals surface area contributed by atoms with Crippen LogP contribution in [0.5, 0.6) is 0 Å². The van der Waals surface area contributed by atoms with E-state index in [0.29, 0.717) is 10.2 Å². The van der Waals surface area contributed by atoms with Gasteiger partial charge >= 0.3 is 0 Å². The summed E-state index contributed by atoms with van der Waals surface area (Å²) in [7, 11) is 0. The zero-order valence-corrected chi connectivity index (χ0v) is 9.65. The number of hydrogen-bond donors (Lipinski definition) is 1. The van der Waals surface area contributed by atoms with E-state index in [4.69, 9.17) is 5.26 Å². The molecule has 4 nitrogen and oxygen atoms in total. The monoisotopic (exact) mass is 275 g/mol. The Labute approximate surface area is 99.7 Å². The smallest absolute Gasteiger partial charge is 0.266 e. The van der Waals surface area contributed by atoms with E-state index in [1.54, 1.807) is 18.5 Å². The average molecular weight is 276 g/mol. The molecule has 0 saturated carbocycles. The lowest BCUT2D eigenvalue weighted by Crippen LogP contribution is -2.11. The molecule has 5 heteroatoms. The minimum absolute atomic E-state index is 0.0829. The highest BCUT2D eigenvalue weighted by molar-refractivity contribution is 9.10. The third-order valence-corrected chi connectivity index (χ3v) is 2.69. The topological polar surface area (TPSA) is 69.5 Å². The summed E-state index contributed by atoms with van der Waals surface area (Å²) in [5.74, 6) is 0. The zero-order valence-electron chi connectivity index (χ0n) is 8.07. The van der Waals surface area contributed by atoms with Crippen LogP contribution >= 0.6 is 15.9 Å². The third kappa shape index (κ3) is 1.88. The van der Waals surface area contributed by atoms with Crippen LogP contribution in [0.25, 0.3) is 11.3 Å². The van der Waals surface area contributed by atoms with Crippen molar-refractivity contribution in [2.45, 2.75) is 0 Å². The second-order valence-corrected chi connectivity index (χ2v) is 3.94. The van der Waals surface area contributed by atoms with Gasteiger partial charge in [0.05, 0.1) is 5.69 Å². The molecule has 0 amide bonds. The number of pyridine rings is 2. The van der Waals surface area contributed by atoms with Crippen molar-refractivity contribution in [2.75, 3.05) is 0 Å². The fourth-order valence-corrected chi connectivity index (χ4v) is 1.87. The maximum absolute atomic E-state index is 11.5. The molecule has 1 N–H and O–H groups in total. The fourth-order valence-electron chi connectivity index (χ4n) is 1.31. The number of nitrogens with zero attached hydrogens (tertiary/aromatic N) is 2. The first kappa shape index (κ1) is 10.6. The summed E-state index contributed by atoms with van der Waals surface area (Å²) in [6.07, 6.45) is 3.29. The van der Waals surface area contributed by atoms with Crippen LogP contribution in [0.1, 0.15) is 5.56 Å². The highest BCUT2D eigenvalue weighted by Gasteiger charge is 2.07. The predicted octanol–water partition coefficient (Wildman–Crippen LogP) is 2.07. The number of aromatic nitrogens is 2. The first-order chi connectivity index (χ1) is 7.72. The molecule has 78 valence electrons. The van der Waals surface area contributed by atoms with Crippen molar-refractivity contribution in [3.05, 3.63) is 51.0 Å². The van der Waals surface area contributed by atoms with Crippen molar-refractivity contribution in [3.8, 4) is 17.3 Å². The van der Waals surface area contributed by atoms with Crippen LogP contribution in [0.3, 0.4) is 0 Å². The lowest BCUT2D eigenvalue weighted by molar-refractivity contribution is 1.19. The van der Waals surface area contributed by atoms with Gasteiger partial charge in [-0.1, -0.05) is 0 Å².